The van der Waals surface area contributed by atoms with Crippen molar-refractivity contribution in [2.75, 3.05) is 7.05 Å². The fraction of sp³-hybridized carbons (Fsp3) is 0.294. The summed E-state index contributed by atoms with van der Waals surface area (Å²) < 4.78 is 0. The fourth-order valence-electron chi connectivity index (χ4n) is 2.43. The van der Waals surface area contributed by atoms with Crippen LogP contribution in [0.4, 0.5) is 0 Å². The number of nitrogens with one attached hydrogen (secondary N) is 1. The summed E-state index contributed by atoms with van der Waals surface area (Å²) in [7, 11) is 1.98. The maximum absolute atomic E-state index is 4.73. The molecular weight excluding hydrogens is 278 g/mol. The van der Waals surface area contributed by atoms with E-state index in [0.29, 0.717) is 6.04 Å². The summed E-state index contributed by atoms with van der Waals surface area (Å²) in [6.07, 6.45) is 0. The molecule has 3 rings (SSSR count). The molecule has 0 saturated heterocycles. The maximum atomic E-state index is 4.73. The van der Waals surface area contributed by atoms with Gasteiger partial charge >= 0.3 is 0 Å². The molecule has 2 heterocycles. The Morgan fingerprint density at radius 3 is 2.67 bits per heavy atom. The Hall–Kier alpha value is -1.78. The minimum atomic E-state index is 0.334. The number of rotatable bonds is 3. The highest BCUT2D eigenvalue weighted by Crippen LogP contribution is 2.32. The summed E-state index contributed by atoms with van der Waals surface area (Å²) in [6.45, 7) is 6.26. The number of benzene rings is 1. The smallest absolute Gasteiger partial charge is 0.123 e. The third-order valence-electron chi connectivity index (χ3n) is 3.73. The summed E-state index contributed by atoms with van der Waals surface area (Å²) in [5, 5.41) is 5.52. The van der Waals surface area contributed by atoms with Crippen molar-refractivity contribution in [2.45, 2.75) is 26.8 Å². The lowest BCUT2D eigenvalue weighted by Crippen LogP contribution is -2.11. The highest BCUT2D eigenvalue weighted by atomic mass is 32.1. The number of nitrogens with zero attached hydrogens (tertiary/aromatic N) is 2. The van der Waals surface area contributed by atoms with E-state index in [4.69, 9.17) is 4.98 Å². The van der Waals surface area contributed by atoms with Crippen molar-refractivity contribution >= 4 is 22.2 Å². The second kappa shape index (κ2) is 5.54. The Morgan fingerprint density at radius 2 is 1.90 bits per heavy atom. The van der Waals surface area contributed by atoms with Gasteiger partial charge in [-0.1, -0.05) is 6.07 Å². The van der Waals surface area contributed by atoms with Gasteiger partial charge in [0.15, 0.2) is 0 Å². The molecule has 0 amide bonds. The molecule has 0 aliphatic carbocycles. The van der Waals surface area contributed by atoms with E-state index in [9.17, 15) is 0 Å². The average Bonchev–Trinajstić information content (AvgIpc) is 2.88. The molecule has 0 bridgehead atoms. The molecule has 0 fully saturated rings. The van der Waals surface area contributed by atoms with Crippen LogP contribution < -0.4 is 5.32 Å². The number of aryl methyl sites for hydroxylation is 2. The van der Waals surface area contributed by atoms with Crippen LogP contribution in [0.5, 0.6) is 0 Å². The molecule has 1 aromatic carbocycles. The van der Waals surface area contributed by atoms with Gasteiger partial charge in [-0.25, -0.2) is 4.98 Å². The first-order valence-corrected chi connectivity index (χ1v) is 7.92. The van der Waals surface area contributed by atoms with Gasteiger partial charge in [-0.15, -0.1) is 11.3 Å². The van der Waals surface area contributed by atoms with Gasteiger partial charge in [-0.2, -0.15) is 0 Å². The molecular formula is C17H19N3S. The molecule has 108 valence electrons. The van der Waals surface area contributed by atoms with Gasteiger partial charge in [0, 0.05) is 27.6 Å². The number of fused-ring (bicyclic) bond motifs is 1. The molecule has 3 nitrogen and oxygen atoms in total. The van der Waals surface area contributed by atoms with Crippen LogP contribution in [0.3, 0.4) is 0 Å². The summed E-state index contributed by atoms with van der Waals surface area (Å²) in [5.41, 5.74) is 4.36. The third kappa shape index (κ3) is 2.69. The minimum Gasteiger partial charge on any atom is -0.312 e. The zero-order chi connectivity index (χ0) is 15.0. The van der Waals surface area contributed by atoms with Gasteiger partial charge < -0.3 is 5.32 Å². The van der Waals surface area contributed by atoms with E-state index >= 15 is 0 Å². The highest BCUT2D eigenvalue weighted by molar-refractivity contribution is 7.15. The summed E-state index contributed by atoms with van der Waals surface area (Å²) >= 11 is 1.76. The zero-order valence-electron chi connectivity index (χ0n) is 12.8. The molecule has 1 unspecified atom stereocenters. The first kappa shape index (κ1) is 14.2. The lowest BCUT2D eigenvalue weighted by atomic mass is 10.1. The molecule has 0 saturated carbocycles. The molecule has 4 heteroatoms. The Balaban J connectivity index is 2.06. The summed E-state index contributed by atoms with van der Waals surface area (Å²) in [6, 6.07) is 10.9. The fourth-order valence-corrected chi connectivity index (χ4v) is 3.55. The predicted octanol–water partition coefficient (Wildman–Crippen LogP) is 4.26. The van der Waals surface area contributed by atoms with Gasteiger partial charge in [0.1, 0.15) is 5.01 Å². The first-order valence-electron chi connectivity index (χ1n) is 7.11. The molecule has 1 N–H and O–H groups in total. The summed E-state index contributed by atoms with van der Waals surface area (Å²) in [5.74, 6) is 0. The standard InChI is InChI=1S/C17H19N3S/c1-10-5-6-13-9-14(7-8-15(13)19-10)17-20-12(3)16(21-17)11(2)18-4/h5-9,11,18H,1-4H3. The van der Waals surface area contributed by atoms with Crippen LogP contribution in [0, 0.1) is 13.8 Å². The normalized spacial score (nSPS) is 12.8. The van der Waals surface area contributed by atoms with Crippen LogP contribution in [0.15, 0.2) is 30.3 Å². The maximum Gasteiger partial charge on any atom is 0.123 e. The van der Waals surface area contributed by atoms with E-state index in [1.54, 1.807) is 11.3 Å². The molecule has 0 spiro atoms. The van der Waals surface area contributed by atoms with Gasteiger partial charge in [0.05, 0.1) is 11.2 Å². The summed E-state index contributed by atoms with van der Waals surface area (Å²) in [4.78, 5) is 10.6. The van der Waals surface area contributed by atoms with Crippen LogP contribution in [0.2, 0.25) is 0 Å². The van der Waals surface area contributed by atoms with Crippen LogP contribution in [-0.2, 0) is 0 Å². The second-order valence-corrected chi connectivity index (χ2v) is 6.37. The van der Waals surface area contributed by atoms with Crippen molar-refractivity contribution < 1.29 is 0 Å². The number of aromatic nitrogens is 2. The first-order chi connectivity index (χ1) is 10.1. The number of pyridine rings is 1. The largest absolute Gasteiger partial charge is 0.312 e. The van der Waals surface area contributed by atoms with Gasteiger partial charge in [-0.3, -0.25) is 4.98 Å². The van der Waals surface area contributed by atoms with Crippen molar-refractivity contribution in [3.05, 3.63) is 46.6 Å². The average molecular weight is 297 g/mol. The molecule has 0 aliphatic rings. The number of hydrogen-bond acceptors (Lipinski definition) is 4. The van der Waals surface area contributed by atoms with E-state index < -0.39 is 0 Å². The third-order valence-corrected chi connectivity index (χ3v) is 5.12. The molecule has 21 heavy (non-hydrogen) atoms. The lowest BCUT2D eigenvalue weighted by molar-refractivity contribution is 0.658. The van der Waals surface area contributed by atoms with Crippen LogP contribution >= 0.6 is 11.3 Å². The molecule has 0 aliphatic heterocycles. The van der Waals surface area contributed by atoms with Crippen LogP contribution in [0.1, 0.15) is 29.2 Å². The van der Waals surface area contributed by atoms with E-state index in [2.05, 4.69) is 48.4 Å². The molecule has 0 radical (unpaired) electrons. The van der Waals surface area contributed by atoms with E-state index in [1.165, 1.54) is 4.88 Å². The lowest BCUT2D eigenvalue weighted by Gasteiger charge is -2.07. The van der Waals surface area contributed by atoms with Crippen molar-refractivity contribution in [1.29, 1.82) is 0 Å². The van der Waals surface area contributed by atoms with Crippen molar-refractivity contribution in [2.24, 2.45) is 0 Å². The van der Waals surface area contributed by atoms with Crippen LogP contribution in [0.25, 0.3) is 21.5 Å². The van der Waals surface area contributed by atoms with Crippen molar-refractivity contribution in [1.82, 2.24) is 15.3 Å². The minimum absolute atomic E-state index is 0.334. The molecule has 1 atom stereocenters. The Bertz CT molecular complexity index is 792. The highest BCUT2D eigenvalue weighted by Gasteiger charge is 2.14. The monoisotopic (exact) mass is 297 g/mol. The Kier molecular flexibility index (Phi) is 3.74. The molecule has 2 aromatic heterocycles. The number of thiazole rings is 1. The zero-order valence-corrected chi connectivity index (χ0v) is 13.6. The van der Waals surface area contributed by atoms with E-state index in [-0.39, 0.29) is 0 Å². The van der Waals surface area contributed by atoms with Crippen LogP contribution in [-0.4, -0.2) is 17.0 Å². The van der Waals surface area contributed by atoms with E-state index in [0.717, 1.165) is 32.9 Å². The Morgan fingerprint density at radius 1 is 1.10 bits per heavy atom. The van der Waals surface area contributed by atoms with Gasteiger partial charge in [0.2, 0.25) is 0 Å². The van der Waals surface area contributed by atoms with E-state index in [1.807, 2.05) is 20.0 Å². The second-order valence-electron chi connectivity index (χ2n) is 5.34. The Labute approximate surface area is 129 Å². The predicted molar refractivity (Wildman–Crippen MR) is 89.8 cm³/mol. The van der Waals surface area contributed by atoms with Gasteiger partial charge in [0.25, 0.3) is 0 Å². The molecule has 3 aromatic rings. The number of hydrogen-bond donors (Lipinski definition) is 1. The van der Waals surface area contributed by atoms with Crippen molar-refractivity contribution in [3.8, 4) is 10.6 Å². The SMILES string of the molecule is CNC(C)c1sc(-c2ccc3nc(C)ccc3c2)nc1C. The topological polar surface area (TPSA) is 37.8 Å². The van der Waals surface area contributed by atoms with Gasteiger partial charge in [-0.05, 0) is 52.1 Å². The van der Waals surface area contributed by atoms with Crippen molar-refractivity contribution in [3.63, 3.8) is 0 Å². The quantitative estimate of drug-likeness (QED) is 0.785.